The standard InChI is InChI=1S/C28H33N5O2S/c1-2-31-25(24(19-10-5-3-6-11-19)20-12-7-4-8-13-20)28(35)33-17-9-14-22(33)27(34)32-18-21-15-16-23(36-21)26(29)30/h3-8,10-13,15-16,22,24-25,31H,2,9,14,17-18H2,1H3,(H3,29,30)(H,32,34). The van der Waals surface area contributed by atoms with Crippen molar-refractivity contribution in [1.82, 2.24) is 15.5 Å². The largest absolute Gasteiger partial charge is 0.383 e. The van der Waals surface area contributed by atoms with E-state index in [1.165, 1.54) is 11.3 Å². The van der Waals surface area contributed by atoms with E-state index in [1.807, 2.05) is 49.4 Å². The van der Waals surface area contributed by atoms with E-state index >= 15 is 0 Å². The molecule has 0 radical (unpaired) electrons. The van der Waals surface area contributed by atoms with E-state index in [2.05, 4.69) is 34.9 Å². The number of nitrogens with two attached hydrogens (primary N) is 1. The molecule has 1 fully saturated rings. The molecular weight excluding hydrogens is 470 g/mol. The van der Waals surface area contributed by atoms with E-state index in [4.69, 9.17) is 11.1 Å². The number of amides is 2. The average molecular weight is 504 g/mol. The van der Waals surface area contributed by atoms with Gasteiger partial charge in [0.15, 0.2) is 0 Å². The Morgan fingerprint density at radius 1 is 1.06 bits per heavy atom. The predicted octanol–water partition coefficient (Wildman–Crippen LogP) is 3.45. The number of likely N-dealkylation sites (N-methyl/N-ethyl adjacent to an activating group) is 1. The topological polar surface area (TPSA) is 111 Å². The monoisotopic (exact) mass is 503 g/mol. The van der Waals surface area contributed by atoms with E-state index < -0.39 is 12.1 Å². The van der Waals surface area contributed by atoms with Crippen LogP contribution in [0.4, 0.5) is 0 Å². The fraction of sp³-hybridized carbons (Fsp3) is 0.321. The van der Waals surface area contributed by atoms with Crippen LogP contribution in [0.15, 0.2) is 72.8 Å². The van der Waals surface area contributed by atoms with E-state index in [0.717, 1.165) is 22.4 Å². The molecular formula is C28H33N5O2S. The molecule has 2 aromatic carbocycles. The van der Waals surface area contributed by atoms with Gasteiger partial charge in [-0.1, -0.05) is 67.6 Å². The van der Waals surface area contributed by atoms with Crippen molar-refractivity contribution in [3.8, 4) is 0 Å². The molecule has 0 aliphatic carbocycles. The minimum Gasteiger partial charge on any atom is -0.383 e. The average Bonchev–Trinajstić information content (AvgIpc) is 3.58. The highest BCUT2D eigenvalue weighted by Gasteiger charge is 2.40. The van der Waals surface area contributed by atoms with Gasteiger partial charge in [-0.25, -0.2) is 0 Å². The van der Waals surface area contributed by atoms with Crippen LogP contribution >= 0.6 is 11.3 Å². The number of amidine groups is 1. The molecule has 0 saturated carbocycles. The minimum absolute atomic E-state index is 0.0194. The number of benzene rings is 2. The number of thiophene rings is 1. The van der Waals surface area contributed by atoms with E-state index in [9.17, 15) is 9.59 Å². The number of rotatable bonds is 10. The fourth-order valence-electron chi connectivity index (χ4n) is 4.86. The molecule has 3 aromatic rings. The number of carbonyl (C=O) groups excluding carboxylic acids is 2. The zero-order chi connectivity index (χ0) is 25.5. The van der Waals surface area contributed by atoms with Crippen molar-refractivity contribution in [3.05, 3.63) is 93.7 Å². The number of nitrogen functional groups attached to an aromatic ring is 1. The lowest BCUT2D eigenvalue weighted by molar-refractivity contribution is -0.140. The van der Waals surface area contributed by atoms with Gasteiger partial charge < -0.3 is 21.3 Å². The quantitative estimate of drug-likeness (QED) is 0.251. The molecule has 5 N–H and O–H groups in total. The number of carbonyl (C=O) groups is 2. The molecule has 2 atom stereocenters. The molecule has 4 rings (SSSR count). The predicted molar refractivity (Wildman–Crippen MR) is 144 cm³/mol. The first-order valence-corrected chi connectivity index (χ1v) is 13.2. The lowest BCUT2D eigenvalue weighted by atomic mass is 9.84. The van der Waals surface area contributed by atoms with Gasteiger partial charge >= 0.3 is 0 Å². The molecule has 1 saturated heterocycles. The zero-order valence-corrected chi connectivity index (χ0v) is 21.3. The maximum Gasteiger partial charge on any atom is 0.243 e. The van der Waals surface area contributed by atoms with Gasteiger partial charge in [0, 0.05) is 17.3 Å². The van der Waals surface area contributed by atoms with Crippen LogP contribution in [0.3, 0.4) is 0 Å². The Hall–Kier alpha value is -3.49. The number of hydrogen-bond acceptors (Lipinski definition) is 5. The van der Waals surface area contributed by atoms with Crippen LogP contribution in [0.5, 0.6) is 0 Å². The highest BCUT2D eigenvalue weighted by Crippen LogP contribution is 2.31. The molecule has 0 bridgehead atoms. The van der Waals surface area contributed by atoms with Gasteiger partial charge in [0.1, 0.15) is 11.9 Å². The number of nitrogens with zero attached hydrogens (tertiary/aromatic N) is 1. The van der Waals surface area contributed by atoms with Crippen molar-refractivity contribution < 1.29 is 9.59 Å². The van der Waals surface area contributed by atoms with Crippen molar-refractivity contribution in [2.75, 3.05) is 13.1 Å². The Balaban J connectivity index is 1.54. The van der Waals surface area contributed by atoms with Crippen LogP contribution in [-0.4, -0.2) is 47.7 Å². The van der Waals surface area contributed by atoms with Gasteiger partial charge in [-0.3, -0.25) is 15.0 Å². The second-order valence-electron chi connectivity index (χ2n) is 8.92. The summed E-state index contributed by atoms with van der Waals surface area (Å²) in [6, 6.07) is 22.8. The van der Waals surface area contributed by atoms with Crippen molar-refractivity contribution in [1.29, 1.82) is 5.41 Å². The van der Waals surface area contributed by atoms with Crippen LogP contribution < -0.4 is 16.4 Å². The highest BCUT2D eigenvalue weighted by atomic mass is 32.1. The Labute approximate surface area is 216 Å². The van der Waals surface area contributed by atoms with Gasteiger partial charge in [0.25, 0.3) is 0 Å². The SMILES string of the molecule is CCNC(C(=O)N1CCCC1C(=O)NCc1ccc(C(=N)N)s1)C(c1ccccc1)c1ccccc1. The zero-order valence-electron chi connectivity index (χ0n) is 20.4. The summed E-state index contributed by atoms with van der Waals surface area (Å²) in [4.78, 5) is 30.6. The number of likely N-dealkylation sites (tertiary alicyclic amines) is 1. The summed E-state index contributed by atoms with van der Waals surface area (Å²) < 4.78 is 0. The smallest absolute Gasteiger partial charge is 0.243 e. The third-order valence-electron chi connectivity index (χ3n) is 6.54. The van der Waals surface area contributed by atoms with Crippen molar-refractivity contribution >= 4 is 29.0 Å². The normalized spacial score (nSPS) is 16.2. The lowest BCUT2D eigenvalue weighted by Crippen LogP contribution is -2.54. The first-order valence-electron chi connectivity index (χ1n) is 12.3. The summed E-state index contributed by atoms with van der Waals surface area (Å²) in [7, 11) is 0. The van der Waals surface area contributed by atoms with E-state index in [1.54, 1.807) is 11.0 Å². The van der Waals surface area contributed by atoms with Crippen LogP contribution in [0.2, 0.25) is 0 Å². The van der Waals surface area contributed by atoms with E-state index in [0.29, 0.717) is 30.9 Å². The molecule has 8 heteroatoms. The van der Waals surface area contributed by atoms with Gasteiger partial charge in [0.2, 0.25) is 11.8 Å². The van der Waals surface area contributed by atoms with Gasteiger partial charge in [-0.2, -0.15) is 0 Å². The maximum absolute atomic E-state index is 14.0. The summed E-state index contributed by atoms with van der Waals surface area (Å²) >= 11 is 1.39. The Morgan fingerprint density at radius 3 is 2.25 bits per heavy atom. The Kier molecular flexibility index (Phi) is 8.51. The molecule has 2 heterocycles. The van der Waals surface area contributed by atoms with Gasteiger partial charge in [0.05, 0.1) is 17.5 Å². The maximum atomic E-state index is 14.0. The summed E-state index contributed by atoms with van der Waals surface area (Å²) in [5, 5.41) is 14.0. The van der Waals surface area contributed by atoms with Crippen LogP contribution in [0, 0.1) is 5.41 Å². The summed E-state index contributed by atoms with van der Waals surface area (Å²) in [6.07, 6.45) is 1.43. The van der Waals surface area contributed by atoms with Crippen LogP contribution in [-0.2, 0) is 16.1 Å². The second kappa shape index (κ2) is 12.0. The third kappa shape index (κ3) is 5.83. The number of nitrogens with one attached hydrogen (secondary N) is 3. The first-order chi connectivity index (χ1) is 17.5. The second-order valence-corrected chi connectivity index (χ2v) is 10.1. The molecule has 0 spiro atoms. The first kappa shape index (κ1) is 25.6. The fourth-order valence-corrected chi connectivity index (χ4v) is 5.67. The molecule has 2 amide bonds. The number of hydrogen-bond donors (Lipinski definition) is 4. The lowest BCUT2D eigenvalue weighted by Gasteiger charge is -2.33. The molecule has 1 aromatic heterocycles. The van der Waals surface area contributed by atoms with Crippen molar-refractivity contribution in [2.24, 2.45) is 5.73 Å². The Morgan fingerprint density at radius 2 is 1.69 bits per heavy atom. The summed E-state index contributed by atoms with van der Waals surface area (Å²) in [6.45, 7) is 3.54. The van der Waals surface area contributed by atoms with Crippen LogP contribution in [0.25, 0.3) is 0 Å². The molecule has 188 valence electrons. The van der Waals surface area contributed by atoms with Crippen LogP contribution in [0.1, 0.15) is 46.6 Å². The van der Waals surface area contributed by atoms with Gasteiger partial charge in [-0.05, 0) is 42.6 Å². The molecule has 1 aliphatic heterocycles. The minimum atomic E-state index is -0.502. The highest BCUT2D eigenvalue weighted by molar-refractivity contribution is 7.14. The Bertz CT molecular complexity index is 1140. The molecule has 1 aliphatic rings. The molecule has 7 nitrogen and oxygen atoms in total. The van der Waals surface area contributed by atoms with E-state index in [-0.39, 0.29) is 23.6 Å². The summed E-state index contributed by atoms with van der Waals surface area (Å²) in [5.74, 6) is -0.363. The van der Waals surface area contributed by atoms with Crippen molar-refractivity contribution in [2.45, 2.75) is 44.3 Å². The molecule has 36 heavy (non-hydrogen) atoms. The summed E-state index contributed by atoms with van der Waals surface area (Å²) in [5.41, 5.74) is 7.67. The third-order valence-corrected chi connectivity index (χ3v) is 7.66. The molecule has 2 unspecified atom stereocenters. The van der Waals surface area contributed by atoms with Crippen molar-refractivity contribution in [3.63, 3.8) is 0 Å². The van der Waals surface area contributed by atoms with Gasteiger partial charge in [-0.15, -0.1) is 11.3 Å².